The van der Waals surface area contributed by atoms with Gasteiger partial charge in [0.15, 0.2) is 0 Å². The second-order valence-corrected chi connectivity index (χ2v) is 9.23. The average molecular weight is 407 g/mol. The van der Waals surface area contributed by atoms with Crippen LogP contribution in [0.15, 0.2) is 78.9 Å². The van der Waals surface area contributed by atoms with Crippen molar-refractivity contribution in [3.8, 4) is 11.5 Å². The van der Waals surface area contributed by atoms with E-state index in [-0.39, 0.29) is 0 Å². The first-order chi connectivity index (χ1) is 14.3. The van der Waals surface area contributed by atoms with Crippen molar-refractivity contribution in [2.75, 3.05) is 13.2 Å². The number of ether oxygens (including phenoxy) is 2. The highest BCUT2D eigenvalue weighted by Crippen LogP contribution is 2.38. The summed E-state index contributed by atoms with van der Waals surface area (Å²) in [6.07, 6.45) is 4.38. The molecule has 29 heavy (non-hydrogen) atoms. The maximum atomic E-state index is 6.24. The van der Waals surface area contributed by atoms with Crippen molar-refractivity contribution in [1.82, 2.24) is 0 Å². The van der Waals surface area contributed by atoms with Crippen LogP contribution in [0.1, 0.15) is 39.5 Å². The molecule has 0 aliphatic rings. The van der Waals surface area contributed by atoms with Crippen LogP contribution in [-0.4, -0.2) is 13.2 Å². The van der Waals surface area contributed by atoms with E-state index in [1.54, 1.807) is 0 Å². The fraction of sp³-hybridized carbons (Fsp3) is 0.308. The molecule has 0 atom stereocenters. The zero-order valence-electron chi connectivity index (χ0n) is 17.5. The average Bonchev–Trinajstić information content (AvgIpc) is 2.77. The van der Waals surface area contributed by atoms with Crippen LogP contribution in [0, 0.1) is 0 Å². The highest BCUT2D eigenvalue weighted by molar-refractivity contribution is 7.80. The van der Waals surface area contributed by atoms with Crippen molar-refractivity contribution in [3.63, 3.8) is 0 Å². The molecule has 0 N–H and O–H groups in total. The van der Waals surface area contributed by atoms with E-state index >= 15 is 0 Å². The fourth-order valence-corrected chi connectivity index (χ4v) is 5.54. The van der Waals surface area contributed by atoms with Crippen molar-refractivity contribution >= 4 is 23.8 Å². The highest BCUT2D eigenvalue weighted by Gasteiger charge is 2.21. The molecule has 0 aliphatic heterocycles. The van der Waals surface area contributed by atoms with Crippen molar-refractivity contribution in [3.05, 3.63) is 78.9 Å². The molecule has 0 unspecified atom stereocenters. The van der Waals surface area contributed by atoms with Gasteiger partial charge in [0.25, 0.3) is 0 Å². The van der Waals surface area contributed by atoms with Gasteiger partial charge in [-0.1, -0.05) is 87.4 Å². The lowest BCUT2D eigenvalue weighted by Crippen LogP contribution is -2.22. The van der Waals surface area contributed by atoms with Crippen LogP contribution in [0.4, 0.5) is 0 Å². The van der Waals surface area contributed by atoms with E-state index in [0.717, 1.165) is 50.4 Å². The lowest BCUT2D eigenvalue weighted by atomic mass is 10.3. The molecule has 0 saturated heterocycles. The van der Waals surface area contributed by atoms with Gasteiger partial charge in [-0.05, 0) is 49.6 Å². The van der Waals surface area contributed by atoms with Crippen molar-refractivity contribution in [2.24, 2.45) is 0 Å². The third kappa shape index (κ3) is 6.08. The third-order valence-electron chi connectivity index (χ3n) is 4.72. The molecular formula is C26H31O2P. The molecule has 0 aromatic heterocycles. The minimum atomic E-state index is -0.727. The Morgan fingerprint density at radius 2 is 1.21 bits per heavy atom. The molecule has 0 fully saturated rings. The number of hydrogen-bond acceptors (Lipinski definition) is 2. The summed E-state index contributed by atoms with van der Waals surface area (Å²) in [5.41, 5.74) is 0. The predicted octanol–water partition coefficient (Wildman–Crippen LogP) is 5.80. The third-order valence-corrected chi connectivity index (χ3v) is 7.18. The van der Waals surface area contributed by atoms with Gasteiger partial charge in [0.2, 0.25) is 0 Å². The number of rotatable bonds is 11. The Kier molecular flexibility index (Phi) is 8.58. The molecule has 2 nitrogen and oxygen atoms in total. The molecule has 3 rings (SSSR count). The lowest BCUT2D eigenvalue weighted by Gasteiger charge is -2.23. The minimum absolute atomic E-state index is 0.727. The minimum Gasteiger partial charge on any atom is -0.494 e. The summed E-state index contributed by atoms with van der Waals surface area (Å²) in [6.45, 7) is 5.87. The monoisotopic (exact) mass is 406 g/mol. The van der Waals surface area contributed by atoms with Crippen molar-refractivity contribution in [1.29, 1.82) is 0 Å². The van der Waals surface area contributed by atoms with Crippen LogP contribution in [0.5, 0.6) is 11.5 Å². The zero-order chi connectivity index (χ0) is 20.3. The molecule has 3 aromatic rings. The summed E-state index contributed by atoms with van der Waals surface area (Å²) in [4.78, 5) is 0. The van der Waals surface area contributed by atoms with Gasteiger partial charge in [-0.2, -0.15) is 0 Å². The molecule has 3 aromatic carbocycles. The van der Waals surface area contributed by atoms with Gasteiger partial charge < -0.3 is 9.47 Å². The molecule has 0 amide bonds. The second-order valence-electron chi connectivity index (χ2n) is 7.04. The Balaban J connectivity index is 2.04. The zero-order valence-corrected chi connectivity index (χ0v) is 18.4. The van der Waals surface area contributed by atoms with Crippen LogP contribution in [-0.2, 0) is 0 Å². The molecule has 152 valence electrons. The summed E-state index contributed by atoms with van der Waals surface area (Å²) < 4.78 is 12.3. The Bertz CT molecular complexity index is 810. The first-order valence-electron chi connectivity index (χ1n) is 10.6. The summed E-state index contributed by atoms with van der Waals surface area (Å²) in [5.74, 6) is 1.90. The summed E-state index contributed by atoms with van der Waals surface area (Å²) in [7, 11) is -0.727. The quantitative estimate of drug-likeness (QED) is 0.296. The lowest BCUT2D eigenvalue weighted by molar-refractivity contribution is 0.303. The van der Waals surface area contributed by atoms with Crippen molar-refractivity contribution in [2.45, 2.75) is 39.5 Å². The SMILES string of the molecule is CCCCOc1ccc(OCCCC)c(P(c2ccccc2)c2ccccc2)c1. The van der Waals surface area contributed by atoms with Gasteiger partial charge in [0.1, 0.15) is 11.5 Å². The van der Waals surface area contributed by atoms with E-state index < -0.39 is 7.92 Å². The van der Waals surface area contributed by atoms with E-state index in [4.69, 9.17) is 9.47 Å². The number of benzene rings is 3. The Morgan fingerprint density at radius 1 is 0.655 bits per heavy atom. The first-order valence-corrected chi connectivity index (χ1v) is 12.0. The topological polar surface area (TPSA) is 18.5 Å². The van der Waals surface area contributed by atoms with Gasteiger partial charge >= 0.3 is 0 Å². The van der Waals surface area contributed by atoms with Crippen molar-refractivity contribution < 1.29 is 9.47 Å². The standard InChI is InChI=1S/C26H31O2P/c1-3-5-19-27-22-17-18-25(28-20-6-4-2)26(21-22)29(23-13-9-7-10-14-23)24-15-11-8-12-16-24/h7-18,21H,3-6,19-20H2,1-2H3. The first kappa shape index (κ1) is 21.4. The Hall–Kier alpha value is -2.31. The normalized spacial score (nSPS) is 10.9. The smallest absolute Gasteiger partial charge is 0.127 e. The van der Waals surface area contributed by atoms with Gasteiger partial charge in [0.05, 0.1) is 13.2 Å². The van der Waals surface area contributed by atoms with Gasteiger partial charge in [-0.15, -0.1) is 0 Å². The van der Waals surface area contributed by atoms with E-state index in [0.29, 0.717) is 0 Å². The maximum absolute atomic E-state index is 6.24. The number of unbranched alkanes of at least 4 members (excludes halogenated alkanes) is 2. The molecule has 0 bridgehead atoms. The van der Waals surface area contributed by atoms with Gasteiger partial charge in [0, 0.05) is 5.30 Å². The fourth-order valence-electron chi connectivity index (χ4n) is 3.13. The number of hydrogen-bond donors (Lipinski definition) is 0. The predicted molar refractivity (Wildman–Crippen MR) is 126 cm³/mol. The van der Waals surface area contributed by atoms with E-state index in [1.807, 2.05) is 6.07 Å². The van der Waals surface area contributed by atoms with Gasteiger partial charge in [-0.3, -0.25) is 0 Å². The molecule has 0 aliphatic carbocycles. The molecular weight excluding hydrogens is 375 g/mol. The van der Waals surface area contributed by atoms with Crippen LogP contribution in [0.2, 0.25) is 0 Å². The van der Waals surface area contributed by atoms with E-state index in [1.165, 1.54) is 15.9 Å². The molecule has 0 heterocycles. The van der Waals surface area contributed by atoms with Gasteiger partial charge in [-0.25, -0.2) is 0 Å². The highest BCUT2D eigenvalue weighted by atomic mass is 31.1. The molecule has 0 saturated carbocycles. The summed E-state index contributed by atoms with van der Waals surface area (Å²) in [6, 6.07) is 27.8. The molecule has 3 heteroatoms. The van der Waals surface area contributed by atoms with E-state index in [2.05, 4.69) is 86.6 Å². The maximum Gasteiger partial charge on any atom is 0.127 e. The Morgan fingerprint density at radius 3 is 1.76 bits per heavy atom. The summed E-state index contributed by atoms with van der Waals surface area (Å²) >= 11 is 0. The van der Waals surface area contributed by atoms with E-state index in [9.17, 15) is 0 Å². The van der Waals surface area contributed by atoms with Crippen LogP contribution >= 0.6 is 7.92 Å². The molecule has 0 radical (unpaired) electrons. The largest absolute Gasteiger partial charge is 0.494 e. The van der Waals surface area contributed by atoms with Crippen LogP contribution in [0.25, 0.3) is 0 Å². The summed E-state index contributed by atoms with van der Waals surface area (Å²) in [5, 5.41) is 3.86. The van der Waals surface area contributed by atoms with Crippen LogP contribution in [0.3, 0.4) is 0 Å². The Labute approximate surface area is 176 Å². The van der Waals surface area contributed by atoms with Crippen LogP contribution < -0.4 is 25.4 Å². The second kappa shape index (κ2) is 11.6. The molecule has 0 spiro atoms.